The monoisotopic (exact) mass is 189 g/mol. The molecule has 5 heteroatoms. The van der Waals surface area contributed by atoms with Gasteiger partial charge >= 0.3 is 5.97 Å². The Morgan fingerprint density at radius 3 is 3.09 bits per heavy atom. The third-order valence-corrected chi connectivity index (χ3v) is 2.63. The molecule has 1 aromatic rings. The highest BCUT2D eigenvalue weighted by Gasteiger charge is 2.07. The second-order valence-electron chi connectivity index (χ2n) is 1.92. The predicted octanol–water partition coefficient (Wildman–Crippen LogP) is 1.70. The number of aromatic carboxylic acids is 1. The van der Waals surface area contributed by atoms with E-state index in [1.165, 1.54) is 11.5 Å². The largest absolute Gasteiger partial charge is 0.476 e. The molecule has 0 atom stereocenters. The Bertz CT molecular complexity index is 259. The van der Waals surface area contributed by atoms with Crippen LogP contribution < -0.4 is 0 Å². The molecular weight excluding hydrogens is 182 g/mol. The summed E-state index contributed by atoms with van der Waals surface area (Å²) in [6.07, 6.45) is 1.97. The van der Waals surface area contributed by atoms with Crippen molar-refractivity contribution in [2.24, 2.45) is 0 Å². The average molecular weight is 189 g/mol. The fourth-order valence-electron chi connectivity index (χ4n) is 0.624. The van der Waals surface area contributed by atoms with Crippen molar-refractivity contribution in [3.8, 4) is 0 Å². The smallest absolute Gasteiger partial charge is 0.355 e. The van der Waals surface area contributed by atoms with Crippen LogP contribution in [-0.4, -0.2) is 21.7 Å². The van der Waals surface area contributed by atoms with Gasteiger partial charge < -0.3 is 5.11 Å². The highest BCUT2D eigenvalue weighted by Crippen LogP contribution is 2.15. The summed E-state index contributed by atoms with van der Waals surface area (Å²) >= 11 is 2.91. The summed E-state index contributed by atoms with van der Waals surface area (Å²) in [7, 11) is 0. The summed E-state index contributed by atoms with van der Waals surface area (Å²) in [5.41, 5.74) is 0.152. The topological polar surface area (TPSA) is 50.2 Å². The van der Waals surface area contributed by atoms with Gasteiger partial charge in [-0.3, -0.25) is 0 Å². The number of carbonyl (C=O) groups is 1. The minimum atomic E-state index is -0.950. The first-order chi connectivity index (χ1) is 5.24. The lowest BCUT2D eigenvalue weighted by molar-refractivity contribution is 0.0692. The zero-order valence-corrected chi connectivity index (χ0v) is 7.54. The minimum absolute atomic E-state index is 0.152. The molecule has 1 aromatic heterocycles. The third kappa shape index (κ3) is 2.20. The van der Waals surface area contributed by atoms with E-state index in [-0.39, 0.29) is 5.69 Å². The van der Waals surface area contributed by atoms with Gasteiger partial charge in [0.25, 0.3) is 0 Å². The molecule has 3 nitrogen and oxygen atoms in total. The lowest BCUT2D eigenvalue weighted by Gasteiger charge is -1.85. The van der Waals surface area contributed by atoms with Crippen LogP contribution in [0.1, 0.15) is 15.4 Å². The maximum atomic E-state index is 10.4. The van der Waals surface area contributed by atoms with Gasteiger partial charge in [-0.25, -0.2) is 4.79 Å². The van der Waals surface area contributed by atoms with Crippen LogP contribution in [0.3, 0.4) is 0 Å². The molecule has 0 amide bonds. The molecule has 1 heterocycles. The molecule has 0 aliphatic rings. The summed E-state index contributed by atoms with van der Waals surface area (Å²) in [4.78, 5) is 11.4. The van der Waals surface area contributed by atoms with Crippen molar-refractivity contribution in [3.05, 3.63) is 16.6 Å². The van der Waals surface area contributed by atoms with Crippen LogP contribution in [0, 0.1) is 0 Å². The third-order valence-electron chi connectivity index (χ3n) is 1.06. The van der Waals surface area contributed by atoms with E-state index in [1.54, 1.807) is 17.8 Å². The Balaban J connectivity index is 2.73. The Kier molecular flexibility index (Phi) is 2.90. The first kappa shape index (κ1) is 8.55. The molecule has 1 N–H and O–H groups in total. The van der Waals surface area contributed by atoms with E-state index >= 15 is 0 Å². The molecule has 0 aliphatic carbocycles. The second kappa shape index (κ2) is 3.73. The van der Waals surface area contributed by atoms with Gasteiger partial charge in [-0.1, -0.05) is 0 Å². The molecule has 1 rings (SSSR count). The van der Waals surface area contributed by atoms with Crippen molar-refractivity contribution in [2.75, 3.05) is 6.26 Å². The standard InChI is InChI=1S/C6H7NO2S2/c1-10-3-4-2-5(6(8)9)7-11-4/h2H,3H2,1H3,(H,8,9). The summed E-state index contributed by atoms with van der Waals surface area (Å²) < 4.78 is 3.76. The number of carboxylic acids is 1. The Morgan fingerprint density at radius 2 is 2.64 bits per heavy atom. The fraction of sp³-hybridized carbons (Fsp3) is 0.333. The maximum Gasteiger partial charge on any atom is 0.355 e. The van der Waals surface area contributed by atoms with Gasteiger partial charge in [0.1, 0.15) is 0 Å². The molecule has 0 fully saturated rings. The van der Waals surface area contributed by atoms with Crippen LogP contribution in [0.5, 0.6) is 0 Å². The number of nitrogens with zero attached hydrogens (tertiary/aromatic N) is 1. The van der Waals surface area contributed by atoms with Gasteiger partial charge in [0.2, 0.25) is 0 Å². The molecule has 0 saturated heterocycles. The molecule has 0 unspecified atom stereocenters. The number of hydrogen-bond donors (Lipinski definition) is 1. The number of thioether (sulfide) groups is 1. The van der Waals surface area contributed by atoms with Crippen LogP contribution in [0.25, 0.3) is 0 Å². The molecular formula is C6H7NO2S2. The summed E-state index contributed by atoms with van der Waals surface area (Å²) in [5.74, 6) is -0.112. The molecule has 11 heavy (non-hydrogen) atoms. The van der Waals surface area contributed by atoms with E-state index in [0.29, 0.717) is 0 Å². The van der Waals surface area contributed by atoms with E-state index in [0.717, 1.165) is 10.6 Å². The quantitative estimate of drug-likeness (QED) is 0.786. The average Bonchev–Trinajstić information content (AvgIpc) is 2.37. The Morgan fingerprint density at radius 1 is 1.91 bits per heavy atom. The van der Waals surface area contributed by atoms with E-state index in [2.05, 4.69) is 4.37 Å². The van der Waals surface area contributed by atoms with Crippen molar-refractivity contribution in [3.63, 3.8) is 0 Å². The van der Waals surface area contributed by atoms with Crippen LogP contribution in [-0.2, 0) is 5.75 Å². The molecule has 0 bridgehead atoms. The first-order valence-corrected chi connectivity index (χ1v) is 5.08. The maximum absolute atomic E-state index is 10.4. The van der Waals surface area contributed by atoms with Crippen LogP contribution in [0.15, 0.2) is 6.07 Å². The zero-order valence-electron chi connectivity index (χ0n) is 5.90. The fourth-order valence-corrected chi connectivity index (χ4v) is 2.07. The van der Waals surface area contributed by atoms with Crippen molar-refractivity contribution in [1.29, 1.82) is 0 Å². The van der Waals surface area contributed by atoms with Gasteiger partial charge in [0.15, 0.2) is 5.69 Å². The summed E-state index contributed by atoms with van der Waals surface area (Å²) in [5, 5.41) is 8.50. The van der Waals surface area contributed by atoms with E-state index in [1.807, 2.05) is 6.26 Å². The number of rotatable bonds is 3. The highest BCUT2D eigenvalue weighted by molar-refractivity contribution is 7.97. The Labute approximate surface area is 72.6 Å². The van der Waals surface area contributed by atoms with Crippen molar-refractivity contribution >= 4 is 29.3 Å². The molecule has 60 valence electrons. The number of hydrogen-bond acceptors (Lipinski definition) is 4. The first-order valence-electron chi connectivity index (χ1n) is 2.92. The van der Waals surface area contributed by atoms with Gasteiger partial charge in [0.05, 0.1) is 0 Å². The van der Waals surface area contributed by atoms with E-state index in [4.69, 9.17) is 5.11 Å². The molecule has 0 aromatic carbocycles. The van der Waals surface area contributed by atoms with Crippen LogP contribution in [0.2, 0.25) is 0 Å². The molecule has 0 aliphatic heterocycles. The normalized spacial score (nSPS) is 9.91. The van der Waals surface area contributed by atoms with Gasteiger partial charge in [-0.15, -0.1) is 0 Å². The van der Waals surface area contributed by atoms with Crippen molar-refractivity contribution < 1.29 is 9.90 Å². The summed E-state index contributed by atoms with van der Waals surface area (Å²) in [6, 6.07) is 1.61. The van der Waals surface area contributed by atoms with Gasteiger partial charge in [-0.2, -0.15) is 16.1 Å². The molecule has 0 spiro atoms. The lowest BCUT2D eigenvalue weighted by Crippen LogP contribution is -1.94. The number of aromatic nitrogens is 1. The van der Waals surface area contributed by atoms with Crippen LogP contribution >= 0.6 is 23.3 Å². The summed E-state index contributed by atoms with van der Waals surface area (Å²) in [6.45, 7) is 0. The Hall–Kier alpha value is -0.550. The minimum Gasteiger partial charge on any atom is -0.476 e. The van der Waals surface area contributed by atoms with Crippen molar-refractivity contribution in [2.45, 2.75) is 5.75 Å². The highest BCUT2D eigenvalue weighted by atomic mass is 32.2. The van der Waals surface area contributed by atoms with Gasteiger partial charge in [-0.05, 0) is 23.9 Å². The number of carboxylic acid groups (broad SMARTS) is 1. The van der Waals surface area contributed by atoms with Crippen LogP contribution in [0.4, 0.5) is 0 Å². The SMILES string of the molecule is CSCc1cc(C(=O)O)ns1. The van der Waals surface area contributed by atoms with Crippen molar-refractivity contribution in [1.82, 2.24) is 4.37 Å². The van der Waals surface area contributed by atoms with E-state index in [9.17, 15) is 4.79 Å². The lowest BCUT2D eigenvalue weighted by atomic mass is 10.4. The van der Waals surface area contributed by atoms with E-state index < -0.39 is 5.97 Å². The zero-order chi connectivity index (χ0) is 8.27. The molecule has 0 saturated carbocycles. The van der Waals surface area contributed by atoms with Gasteiger partial charge in [0, 0.05) is 10.6 Å². The molecule has 0 radical (unpaired) electrons. The second-order valence-corrected chi connectivity index (χ2v) is 3.67. The predicted molar refractivity (Wildman–Crippen MR) is 46.3 cm³/mol.